The average molecular weight is 190 g/mol. The highest BCUT2D eigenvalue weighted by Crippen LogP contribution is 2.34. The summed E-state index contributed by atoms with van der Waals surface area (Å²) in [7, 11) is 1.86. The fourth-order valence-corrected chi connectivity index (χ4v) is 1.32. The van der Waals surface area contributed by atoms with Gasteiger partial charge in [-0.3, -0.25) is 0 Å². The monoisotopic (exact) mass is 190 g/mol. The SMILES string of the molecule is CN(CC#N)c1ccc2c(c1)OCO2. The van der Waals surface area contributed by atoms with Crippen LogP contribution in [0.2, 0.25) is 0 Å². The lowest BCUT2D eigenvalue weighted by atomic mass is 10.2. The number of hydrogen-bond acceptors (Lipinski definition) is 4. The first kappa shape index (κ1) is 8.70. The first-order chi connectivity index (χ1) is 6.81. The zero-order valence-electron chi connectivity index (χ0n) is 7.86. The molecule has 0 bridgehead atoms. The molecule has 0 spiro atoms. The summed E-state index contributed by atoms with van der Waals surface area (Å²) in [6.45, 7) is 0.639. The van der Waals surface area contributed by atoms with Gasteiger partial charge in [-0.05, 0) is 12.1 Å². The van der Waals surface area contributed by atoms with E-state index in [4.69, 9.17) is 14.7 Å². The smallest absolute Gasteiger partial charge is 0.231 e. The Morgan fingerprint density at radius 3 is 3.00 bits per heavy atom. The summed E-state index contributed by atoms with van der Waals surface area (Å²) in [5.41, 5.74) is 0.954. The minimum atomic E-state index is 0.279. The molecule has 0 saturated heterocycles. The van der Waals surface area contributed by atoms with E-state index in [-0.39, 0.29) is 6.79 Å². The number of nitrogens with zero attached hydrogens (tertiary/aromatic N) is 2. The molecule has 0 unspecified atom stereocenters. The van der Waals surface area contributed by atoms with E-state index in [2.05, 4.69) is 6.07 Å². The Morgan fingerprint density at radius 2 is 2.21 bits per heavy atom. The molecule has 2 rings (SSSR count). The maximum Gasteiger partial charge on any atom is 0.231 e. The van der Waals surface area contributed by atoms with Crippen molar-refractivity contribution in [3.63, 3.8) is 0 Å². The third-order valence-corrected chi connectivity index (χ3v) is 2.10. The molecule has 0 aromatic heterocycles. The van der Waals surface area contributed by atoms with Crippen molar-refractivity contribution in [3.8, 4) is 17.6 Å². The van der Waals surface area contributed by atoms with E-state index in [0.29, 0.717) is 6.54 Å². The highest BCUT2D eigenvalue weighted by Gasteiger charge is 2.14. The number of rotatable bonds is 2. The molecule has 1 aromatic carbocycles. The number of ether oxygens (including phenoxy) is 2. The normalized spacial score (nSPS) is 12.3. The van der Waals surface area contributed by atoms with Crippen molar-refractivity contribution in [1.82, 2.24) is 0 Å². The van der Waals surface area contributed by atoms with Crippen LogP contribution in [0.25, 0.3) is 0 Å². The van der Waals surface area contributed by atoms with E-state index < -0.39 is 0 Å². The Kier molecular flexibility index (Phi) is 2.15. The Morgan fingerprint density at radius 1 is 1.43 bits per heavy atom. The van der Waals surface area contributed by atoms with Crippen LogP contribution in [0.3, 0.4) is 0 Å². The molecule has 4 nitrogen and oxygen atoms in total. The second-order valence-electron chi connectivity index (χ2n) is 3.05. The van der Waals surface area contributed by atoms with E-state index in [0.717, 1.165) is 17.2 Å². The van der Waals surface area contributed by atoms with Crippen molar-refractivity contribution in [2.45, 2.75) is 0 Å². The van der Waals surface area contributed by atoms with Crippen molar-refractivity contribution >= 4 is 5.69 Å². The van der Waals surface area contributed by atoms with Crippen LogP contribution in [-0.2, 0) is 0 Å². The quantitative estimate of drug-likeness (QED) is 0.661. The van der Waals surface area contributed by atoms with Crippen LogP contribution in [-0.4, -0.2) is 20.4 Å². The van der Waals surface area contributed by atoms with Gasteiger partial charge in [-0.2, -0.15) is 5.26 Å². The molecule has 0 atom stereocenters. The topological polar surface area (TPSA) is 45.5 Å². The minimum absolute atomic E-state index is 0.279. The van der Waals surface area contributed by atoms with Crippen LogP contribution in [0.5, 0.6) is 11.5 Å². The van der Waals surface area contributed by atoms with E-state index in [9.17, 15) is 0 Å². The van der Waals surface area contributed by atoms with Crippen LogP contribution in [0, 0.1) is 11.3 Å². The zero-order chi connectivity index (χ0) is 9.97. The molecule has 4 heteroatoms. The Hall–Kier alpha value is -1.89. The molecule has 1 aromatic rings. The zero-order valence-corrected chi connectivity index (χ0v) is 7.86. The minimum Gasteiger partial charge on any atom is -0.454 e. The second-order valence-corrected chi connectivity index (χ2v) is 3.05. The Labute approximate surface area is 82.3 Å². The third-order valence-electron chi connectivity index (χ3n) is 2.10. The molecule has 0 radical (unpaired) electrons. The number of fused-ring (bicyclic) bond motifs is 1. The van der Waals surface area contributed by atoms with Crippen LogP contribution in [0.15, 0.2) is 18.2 Å². The average Bonchev–Trinajstić information content (AvgIpc) is 2.64. The van der Waals surface area contributed by atoms with Gasteiger partial charge in [0.15, 0.2) is 11.5 Å². The molecule has 0 N–H and O–H groups in total. The summed E-state index contributed by atoms with van der Waals surface area (Å²) in [6, 6.07) is 7.72. The third kappa shape index (κ3) is 1.44. The second kappa shape index (κ2) is 3.46. The van der Waals surface area contributed by atoms with Gasteiger partial charge in [0.1, 0.15) is 6.54 Å². The highest BCUT2D eigenvalue weighted by atomic mass is 16.7. The van der Waals surface area contributed by atoms with Gasteiger partial charge in [0.05, 0.1) is 6.07 Å². The molecule has 1 aliphatic heterocycles. The molecule has 72 valence electrons. The molecular weight excluding hydrogens is 180 g/mol. The van der Waals surface area contributed by atoms with Crippen molar-refractivity contribution in [2.24, 2.45) is 0 Å². The van der Waals surface area contributed by atoms with E-state index in [1.54, 1.807) is 0 Å². The number of anilines is 1. The van der Waals surface area contributed by atoms with Crippen LogP contribution >= 0.6 is 0 Å². The van der Waals surface area contributed by atoms with Crippen LogP contribution < -0.4 is 14.4 Å². The van der Waals surface area contributed by atoms with Gasteiger partial charge in [0, 0.05) is 18.8 Å². The summed E-state index contributed by atoms with van der Waals surface area (Å²) in [4.78, 5) is 1.85. The molecule has 14 heavy (non-hydrogen) atoms. The Bertz CT molecular complexity index is 384. The van der Waals surface area contributed by atoms with Gasteiger partial charge in [-0.1, -0.05) is 0 Å². The van der Waals surface area contributed by atoms with Crippen molar-refractivity contribution in [2.75, 3.05) is 25.3 Å². The van der Waals surface area contributed by atoms with Crippen LogP contribution in [0.1, 0.15) is 0 Å². The van der Waals surface area contributed by atoms with Gasteiger partial charge in [0.2, 0.25) is 6.79 Å². The maximum absolute atomic E-state index is 8.54. The van der Waals surface area contributed by atoms with Crippen LogP contribution in [0.4, 0.5) is 5.69 Å². The van der Waals surface area contributed by atoms with E-state index in [1.807, 2.05) is 30.1 Å². The fourth-order valence-electron chi connectivity index (χ4n) is 1.32. The lowest BCUT2D eigenvalue weighted by molar-refractivity contribution is 0.174. The van der Waals surface area contributed by atoms with Gasteiger partial charge in [-0.25, -0.2) is 0 Å². The number of benzene rings is 1. The van der Waals surface area contributed by atoms with Gasteiger partial charge in [0.25, 0.3) is 0 Å². The molecule has 0 aliphatic carbocycles. The molecule has 1 heterocycles. The van der Waals surface area contributed by atoms with E-state index >= 15 is 0 Å². The molecule has 0 fully saturated rings. The van der Waals surface area contributed by atoms with Crippen molar-refractivity contribution in [1.29, 1.82) is 5.26 Å². The van der Waals surface area contributed by atoms with Gasteiger partial charge < -0.3 is 14.4 Å². The summed E-state index contributed by atoms with van der Waals surface area (Å²) >= 11 is 0. The van der Waals surface area contributed by atoms with E-state index in [1.165, 1.54) is 0 Å². The van der Waals surface area contributed by atoms with Gasteiger partial charge in [-0.15, -0.1) is 0 Å². The maximum atomic E-state index is 8.54. The van der Waals surface area contributed by atoms with Gasteiger partial charge >= 0.3 is 0 Å². The number of nitriles is 1. The van der Waals surface area contributed by atoms with Crippen molar-refractivity contribution in [3.05, 3.63) is 18.2 Å². The predicted octanol–water partition coefficient (Wildman–Crippen LogP) is 1.38. The largest absolute Gasteiger partial charge is 0.454 e. The standard InChI is InChI=1S/C10H10N2O2/c1-12(5-4-11)8-2-3-9-10(6-8)14-7-13-9/h2-3,6H,5,7H2,1H3. The first-order valence-electron chi connectivity index (χ1n) is 4.29. The first-order valence-corrected chi connectivity index (χ1v) is 4.29. The Balaban J connectivity index is 2.25. The molecular formula is C10H10N2O2. The number of hydrogen-bond donors (Lipinski definition) is 0. The summed E-state index contributed by atoms with van der Waals surface area (Å²) in [6.07, 6.45) is 0. The molecule has 0 amide bonds. The summed E-state index contributed by atoms with van der Waals surface area (Å²) in [5.74, 6) is 1.51. The summed E-state index contributed by atoms with van der Waals surface area (Å²) < 4.78 is 10.4. The van der Waals surface area contributed by atoms with Crippen molar-refractivity contribution < 1.29 is 9.47 Å². The predicted molar refractivity (Wildman–Crippen MR) is 51.4 cm³/mol. The summed E-state index contributed by atoms with van der Waals surface area (Å²) in [5, 5.41) is 8.54. The molecule has 0 saturated carbocycles. The lowest BCUT2D eigenvalue weighted by Crippen LogP contribution is -2.16. The highest BCUT2D eigenvalue weighted by molar-refractivity contribution is 5.57. The molecule has 1 aliphatic rings. The fraction of sp³-hybridized carbons (Fsp3) is 0.300. The lowest BCUT2D eigenvalue weighted by Gasteiger charge is -2.15.